The summed E-state index contributed by atoms with van der Waals surface area (Å²) in [5.41, 5.74) is 2.06. The van der Waals surface area contributed by atoms with Gasteiger partial charge in [-0.2, -0.15) is 0 Å². The first-order chi connectivity index (χ1) is 9.39. The molecule has 2 nitrogen and oxygen atoms in total. The van der Waals surface area contributed by atoms with Crippen molar-refractivity contribution in [3.05, 3.63) is 35.4 Å². The molecule has 1 atom stereocenters. The van der Waals surface area contributed by atoms with Gasteiger partial charge in [0.1, 0.15) is 11.5 Å². The molecule has 3 heteroatoms. The van der Waals surface area contributed by atoms with Crippen LogP contribution in [-0.4, -0.2) is 35.8 Å². The number of Topliss-reactive ketones (excluding diaryl/α,β-unsaturated/α-hetero) is 1. The number of carbonyl (C=O) groups is 1. The third kappa shape index (κ3) is 3.64. The molecule has 1 aromatic rings. The molecule has 0 bridgehead atoms. The van der Waals surface area contributed by atoms with Gasteiger partial charge in [-0.05, 0) is 6.92 Å². The largest absolute Gasteiger partial charge is 0.372 e. The quantitative estimate of drug-likeness (QED) is 0.632. The summed E-state index contributed by atoms with van der Waals surface area (Å²) in [6.45, 7) is 10.2. The maximum absolute atomic E-state index is 13.0. The summed E-state index contributed by atoms with van der Waals surface area (Å²) in [5, 5.41) is 0.106. The number of ether oxygens (including phenoxy) is 1. The number of ketones is 1. The van der Waals surface area contributed by atoms with Crippen molar-refractivity contribution in [2.75, 3.05) is 24.7 Å². The molecule has 0 saturated carbocycles. The van der Waals surface area contributed by atoms with Gasteiger partial charge in [-0.1, -0.05) is 50.6 Å². The van der Waals surface area contributed by atoms with E-state index in [9.17, 15) is 4.79 Å². The van der Waals surface area contributed by atoms with E-state index >= 15 is 0 Å². The summed E-state index contributed by atoms with van der Waals surface area (Å²) < 4.78 is 5.46. The first-order valence-electron chi connectivity index (χ1n) is 7.24. The first kappa shape index (κ1) is 15.6. The zero-order valence-electron chi connectivity index (χ0n) is 12.9. The van der Waals surface area contributed by atoms with E-state index in [0.717, 1.165) is 30.3 Å². The van der Waals surface area contributed by atoms with Crippen molar-refractivity contribution in [1.82, 2.24) is 0 Å². The summed E-state index contributed by atoms with van der Waals surface area (Å²) in [5.74, 6) is 2.36. The van der Waals surface area contributed by atoms with Crippen molar-refractivity contribution in [3.8, 4) is 0 Å². The number of carbonyl (C=O) groups excluding carboxylic acids is 1. The molecule has 1 aliphatic heterocycles. The Hall–Kier alpha value is -0.800. The van der Waals surface area contributed by atoms with Gasteiger partial charge in [0.25, 0.3) is 0 Å². The van der Waals surface area contributed by atoms with E-state index in [0.29, 0.717) is 5.78 Å². The van der Waals surface area contributed by atoms with Gasteiger partial charge in [0.2, 0.25) is 5.78 Å². The SMILES string of the molecule is Cc1ccc(C(=O)C([S+]2CCOCC2)C(C)(C)C)cc1. The molecule has 0 radical (unpaired) electrons. The molecule has 0 N–H and O–H groups in total. The number of rotatable bonds is 3. The van der Waals surface area contributed by atoms with Gasteiger partial charge in [-0.15, -0.1) is 0 Å². The Kier molecular flexibility index (Phi) is 4.92. The van der Waals surface area contributed by atoms with E-state index in [4.69, 9.17) is 4.74 Å². The number of hydrogen-bond acceptors (Lipinski definition) is 2. The molecular formula is C17H25O2S+. The predicted octanol–water partition coefficient (Wildman–Crippen LogP) is 3.24. The van der Waals surface area contributed by atoms with E-state index < -0.39 is 0 Å². The Morgan fingerprint density at radius 2 is 1.70 bits per heavy atom. The summed E-state index contributed by atoms with van der Waals surface area (Å²) >= 11 is 0. The molecule has 0 spiro atoms. The Labute approximate surface area is 125 Å². The van der Waals surface area contributed by atoms with Gasteiger partial charge >= 0.3 is 0 Å². The fourth-order valence-corrected chi connectivity index (χ4v) is 5.46. The van der Waals surface area contributed by atoms with E-state index in [-0.39, 0.29) is 21.6 Å². The highest BCUT2D eigenvalue weighted by Gasteiger charge is 2.46. The minimum Gasteiger partial charge on any atom is -0.372 e. The van der Waals surface area contributed by atoms with Crippen molar-refractivity contribution in [1.29, 1.82) is 0 Å². The fourth-order valence-electron chi connectivity index (χ4n) is 2.69. The van der Waals surface area contributed by atoms with Crippen molar-refractivity contribution >= 4 is 16.7 Å². The molecule has 20 heavy (non-hydrogen) atoms. The highest BCUT2D eigenvalue weighted by Crippen LogP contribution is 2.31. The van der Waals surface area contributed by atoms with Crippen LogP contribution in [0.2, 0.25) is 0 Å². The van der Waals surface area contributed by atoms with Crippen LogP contribution in [0.15, 0.2) is 24.3 Å². The lowest BCUT2D eigenvalue weighted by Crippen LogP contribution is -2.47. The standard InChI is InChI=1S/C17H25O2S/c1-13-5-7-14(8-6-13)15(18)16(17(2,3)4)20-11-9-19-10-12-20/h5-8,16H,9-12H2,1-4H3/q+1. The molecule has 1 saturated heterocycles. The van der Waals surface area contributed by atoms with E-state index in [2.05, 4.69) is 27.7 Å². The molecule has 1 heterocycles. The number of benzene rings is 1. The zero-order valence-corrected chi connectivity index (χ0v) is 13.8. The lowest BCUT2D eigenvalue weighted by Gasteiger charge is -2.31. The van der Waals surface area contributed by atoms with Gasteiger partial charge in [-0.25, -0.2) is 0 Å². The van der Waals surface area contributed by atoms with Gasteiger partial charge in [0, 0.05) is 21.9 Å². The molecule has 2 rings (SSSR count). The minimum absolute atomic E-state index is 0.00240. The van der Waals surface area contributed by atoms with Crippen molar-refractivity contribution in [2.45, 2.75) is 32.9 Å². The number of hydrogen-bond donors (Lipinski definition) is 0. The van der Waals surface area contributed by atoms with Crippen molar-refractivity contribution < 1.29 is 9.53 Å². The number of aryl methyl sites for hydroxylation is 1. The van der Waals surface area contributed by atoms with Gasteiger partial charge < -0.3 is 4.74 Å². The summed E-state index contributed by atoms with van der Waals surface area (Å²) in [4.78, 5) is 13.0. The van der Waals surface area contributed by atoms with Crippen LogP contribution in [0.1, 0.15) is 36.7 Å². The summed E-state index contributed by atoms with van der Waals surface area (Å²) in [6.07, 6.45) is 0. The Bertz CT molecular complexity index is 453. The molecule has 1 aliphatic rings. The molecule has 0 amide bonds. The van der Waals surface area contributed by atoms with Crippen LogP contribution >= 0.6 is 0 Å². The van der Waals surface area contributed by atoms with Crippen LogP contribution in [0.4, 0.5) is 0 Å². The van der Waals surface area contributed by atoms with Crippen LogP contribution in [0.3, 0.4) is 0 Å². The Morgan fingerprint density at radius 1 is 1.15 bits per heavy atom. The fraction of sp³-hybridized carbons (Fsp3) is 0.588. The molecular weight excluding hydrogens is 268 g/mol. The third-order valence-electron chi connectivity index (χ3n) is 3.67. The second-order valence-electron chi connectivity index (χ2n) is 6.53. The summed E-state index contributed by atoms with van der Waals surface area (Å²) in [7, 11) is 0.138. The van der Waals surface area contributed by atoms with Crippen molar-refractivity contribution in [3.63, 3.8) is 0 Å². The van der Waals surface area contributed by atoms with Crippen LogP contribution in [0.5, 0.6) is 0 Å². The monoisotopic (exact) mass is 293 g/mol. The Balaban J connectivity index is 2.26. The van der Waals surface area contributed by atoms with Crippen LogP contribution < -0.4 is 0 Å². The lowest BCUT2D eigenvalue weighted by atomic mass is 9.87. The highest BCUT2D eigenvalue weighted by molar-refractivity contribution is 7.98. The zero-order chi connectivity index (χ0) is 14.8. The maximum atomic E-state index is 13.0. The average Bonchev–Trinajstić information content (AvgIpc) is 2.39. The third-order valence-corrected chi connectivity index (χ3v) is 6.64. The van der Waals surface area contributed by atoms with E-state index in [1.165, 1.54) is 5.56 Å². The smallest absolute Gasteiger partial charge is 0.215 e. The van der Waals surface area contributed by atoms with E-state index in [1.54, 1.807) is 0 Å². The lowest BCUT2D eigenvalue weighted by molar-refractivity contribution is 0.0946. The molecule has 1 unspecified atom stereocenters. The Morgan fingerprint density at radius 3 is 2.20 bits per heavy atom. The predicted molar refractivity (Wildman–Crippen MR) is 86.7 cm³/mol. The molecule has 0 aliphatic carbocycles. The topological polar surface area (TPSA) is 26.3 Å². The average molecular weight is 293 g/mol. The minimum atomic E-state index is 0.00240. The van der Waals surface area contributed by atoms with Crippen LogP contribution in [0.25, 0.3) is 0 Å². The molecule has 0 aromatic heterocycles. The second-order valence-corrected chi connectivity index (χ2v) is 8.90. The summed E-state index contributed by atoms with van der Waals surface area (Å²) in [6, 6.07) is 8.00. The first-order valence-corrected chi connectivity index (χ1v) is 8.87. The highest BCUT2D eigenvalue weighted by atomic mass is 32.2. The molecule has 110 valence electrons. The van der Waals surface area contributed by atoms with E-state index in [1.807, 2.05) is 24.3 Å². The van der Waals surface area contributed by atoms with Gasteiger partial charge in [-0.3, -0.25) is 4.79 Å². The second kappa shape index (κ2) is 6.31. The van der Waals surface area contributed by atoms with Crippen LogP contribution in [-0.2, 0) is 15.6 Å². The van der Waals surface area contributed by atoms with Crippen molar-refractivity contribution in [2.24, 2.45) is 5.41 Å². The normalized spacial score (nSPS) is 18.8. The molecule has 1 aromatic carbocycles. The molecule has 1 fully saturated rings. The van der Waals surface area contributed by atoms with Gasteiger partial charge in [0.15, 0.2) is 5.25 Å². The maximum Gasteiger partial charge on any atom is 0.215 e. The van der Waals surface area contributed by atoms with Gasteiger partial charge in [0.05, 0.1) is 13.2 Å². The van der Waals surface area contributed by atoms with Crippen LogP contribution in [0, 0.1) is 12.3 Å².